The Labute approximate surface area is 92.0 Å². The number of hydrogen-bond donors (Lipinski definition) is 4. The summed E-state index contributed by atoms with van der Waals surface area (Å²) in [6, 6.07) is 0. The summed E-state index contributed by atoms with van der Waals surface area (Å²) in [4.78, 5) is 0. The molecule has 0 saturated heterocycles. The minimum Gasteiger partial charge on any atom is -0.329 e. The van der Waals surface area contributed by atoms with Crippen molar-refractivity contribution in [1.82, 2.24) is 0 Å². The lowest BCUT2D eigenvalue weighted by molar-refractivity contribution is 0.381. The molecule has 0 aliphatic rings. The molecule has 13 heavy (non-hydrogen) atoms. The van der Waals surface area contributed by atoms with Gasteiger partial charge < -0.3 is 5.73 Å². The van der Waals surface area contributed by atoms with Crippen molar-refractivity contribution in [2.75, 3.05) is 12.3 Å². The maximum atomic E-state index is 9.71. The summed E-state index contributed by atoms with van der Waals surface area (Å²) in [6.07, 6.45) is 0. The molecule has 0 fully saturated rings. The van der Waals surface area contributed by atoms with E-state index in [1.54, 1.807) is 0 Å². The van der Waals surface area contributed by atoms with E-state index in [4.69, 9.17) is 27.8 Å². The second-order valence-electron chi connectivity index (χ2n) is 1.52. The summed E-state index contributed by atoms with van der Waals surface area (Å²) in [5.74, 6) is -0.354. The highest BCUT2D eigenvalue weighted by atomic mass is 32.3. The Bertz CT molecular complexity index is 284. The molecule has 0 saturated carbocycles. The summed E-state index contributed by atoms with van der Waals surface area (Å²) in [5.41, 5.74) is 4.78. The first-order valence-corrected chi connectivity index (χ1v) is 5.42. The van der Waals surface area contributed by atoms with E-state index in [0.717, 1.165) is 0 Å². The van der Waals surface area contributed by atoms with Crippen LogP contribution < -0.4 is 5.73 Å². The average molecular weight is 250 g/mol. The molecule has 0 amide bonds. The van der Waals surface area contributed by atoms with Crippen LogP contribution >= 0.6 is 0 Å². The van der Waals surface area contributed by atoms with Crippen LogP contribution in [0.1, 0.15) is 0 Å². The molecule has 0 aromatic heterocycles. The molecule has 80 valence electrons. The van der Waals surface area contributed by atoms with Crippen molar-refractivity contribution in [3.05, 3.63) is 0 Å². The smallest absolute Gasteiger partial charge is 0.329 e. The summed E-state index contributed by atoms with van der Waals surface area (Å²) in [6.45, 7) is -0.0289. The molecule has 0 aromatic carbocycles. The van der Waals surface area contributed by atoms with Gasteiger partial charge in [-0.15, -0.1) is 0 Å². The van der Waals surface area contributed by atoms with Gasteiger partial charge in [0.2, 0.25) is 0 Å². The van der Waals surface area contributed by atoms with Crippen LogP contribution in [-0.2, 0) is 20.5 Å². The van der Waals surface area contributed by atoms with Gasteiger partial charge in [-0.25, -0.2) is 0 Å². The molecule has 0 radical (unpaired) electrons. The Morgan fingerprint density at radius 2 is 1.23 bits per heavy atom. The van der Waals surface area contributed by atoms with Gasteiger partial charge >= 0.3 is 33.5 Å². The van der Waals surface area contributed by atoms with Gasteiger partial charge in [0.15, 0.2) is 0 Å². The molecular formula is C2H11MgNO7S2. The van der Waals surface area contributed by atoms with E-state index in [0.29, 0.717) is 0 Å². The first-order chi connectivity index (χ1) is 5.06. The fraction of sp³-hybridized carbons (Fsp3) is 1.00. The maximum Gasteiger partial charge on any atom is 0.394 e. The Balaban J connectivity index is -0.000000150. The maximum absolute atomic E-state index is 9.71. The van der Waals surface area contributed by atoms with Crippen molar-refractivity contribution in [3.8, 4) is 0 Å². The predicted octanol–water partition coefficient (Wildman–Crippen LogP) is -2.74. The van der Waals surface area contributed by atoms with Gasteiger partial charge in [-0.05, 0) is 0 Å². The molecule has 0 unspecified atom stereocenters. The molecule has 11 heteroatoms. The Morgan fingerprint density at radius 3 is 1.23 bits per heavy atom. The first-order valence-electron chi connectivity index (χ1n) is 2.41. The molecule has 0 rings (SSSR count). The lowest BCUT2D eigenvalue weighted by Gasteiger charge is -1.86. The standard InChI is InChI=1S/C2H7NO3S.Mg.H2O4S.2H/c3-1-2-7(4,5)6;;1-5(2,3)4;;/h1-3H2,(H,4,5,6);;(H2,1,2,3,4);;. The highest BCUT2D eigenvalue weighted by Crippen LogP contribution is 1.74. The van der Waals surface area contributed by atoms with E-state index in [1.165, 1.54) is 0 Å². The number of rotatable bonds is 2. The highest BCUT2D eigenvalue weighted by Gasteiger charge is 1.98. The van der Waals surface area contributed by atoms with Gasteiger partial charge in [0.05, 0.1) is 5.75 Å². The zero-order valence-electron chi connectivity index (χ0n) is 5.78. The van der Waals surface area contributed by atoms with Crippen LogP contribution in [-0.4, -0.2) is 65.8 Å². The van der Waals surface area contributed by atoms with E-state index in [1.807, 2.05) is 0 Å². The minimum absolute atomic E-state index is 0. The van der Waals surface area contributed by atoms with Crippen LogP contribution in [0.2, 0.25) is 0 Å². The van der Waals surface area contributed by atoms with Crippen LogP contribution in [0.5, 0.6) is 0 Å². The third-order valence-electron chi connectivity index (χ3n) is 0.376. The topological polar surface area (TPSA) is 155 Å². The molecule has 5 N–H and O–H groups in total. The molecule has 0 aliphatic carbocycles. The molecule has 0 atom stereocenters. The molecule has 8 nitrogen and oxygen atoms in total. The lowest BCUT2D eigenvalue weighted by Crippen LogP contribution is -2.13. The quantitative estimate of drug-likeness (QED) is 0.303. The second kappa shape index (κ2) is 7.87. The highest BCUT2D eigenvalue weighted by molar-refractivity contribution is 7.85. The Morgan fingerprint density at radius 1 is 1.00 bits per heavy atom. The van der Waals surface area contributed by atoms with Gasteiger partial charge in [0.1, 0.15) is 0 Å². The molecule has 0 aliphatic heterocycles. The largest absolute Gasteiger partial charge is 0.394 e. The van der Waals surface area contributed by atoms with Gasteiger partial charge in [-0.1, -0.05) is 0 Å². The lowest BCUT2D eigenvalue weighted by atomic mass is 10.8. The second-order valence-corrected chi connectivity index (χ2v) is 3.99. The Hall–Kier alpha value is 0.506. The number of hydrogen-bond acceptors (Lipinski definition) is 5. The van der Waals surface area contributed by atoms with Gasteiger partial charge in [-0.2, -0.15) is 16.8 Å². The van der Waals surface area contributed by atoms with Crippen LogP contribution in [0.3, 0.4) is 0 Å². The fourth-order valence-electron chi connectivity index (χ4n) is 0.149. The van der Waals surface area contributed by atoms with Gasteiger partial charge in [0.25, 0.3) is 10.1 Å². The first kappa shape index (κ1) is 19.1. The molecular weight excluding hydrogens is 238 g/mol. The van der Waals surface area contributed by atoms with Crippen LogP contribution in [0.4, 0.5) is 0 Å². The van der Waals surface area contributed by atoms with E-state index in [9.17, 15) is 8.42 Å². The fourth-order valence-corrected chi connectivity index (χ4v) is 0.447. The zero-order chi connectivity index (χ0) is 10.4. The average Bonchev–Trinajstić information content (AvgIpc) is 1.54. The molecule has 0 spiro atoms. The third kappa shape index (κ3) is 68.0. The van der Waals surface area contributed by atoms with Crippen LogP contribution in [0.25, 0.3) is 0 Å². The van der Waals surface area contributed by atoms with Crippen molar-refractivity contribution < 1.29 is 30.5 Å². The summed E-state index contributed by atoms with van der Waals surface area (Å²) >= 11 is 0. The monoisotopic (exact) mass is 249 g/mol. The van der Waals surface area contributed by atoms with Gasteiger partial charge in [-0.3, -0.25) is 13.7 Å². The van der Waals surface area contributed by atoms with Crippen LogP contribution in [0, 0.1) is 0 Å². The predicted molar refractivity (Wildman–Crippen MR) is 48.2 cm³/mol. The van der Waals surface area contributed by atoms with Crippen molar-refractivity contribution in [2.24, 2.45) is 5.73 Å². The summed E-state index contributed by atoms with van der Waals surface area (Å²) in [7, 11) is -8.47. The van der Waals surface area contributed by atoms with Crippen molar-refractivity contribution in [1.29, 1.82) is 0 Å². The Kier molecular flexibility index (Phi) is 11.6. The van der Waals surface area contributed by atoms with E-state index < -0.39 is 20.5 Å². The minimum atomic E-state index is -4.67. The van der Waals surface area contributed by atoms with Crippen molar-refractivity contribution >= 4 is 43.6 Å². The SMILES string of the molecule is NCCS(=O)(=O)O.O=S(=O)(O)O.[MgH2]. The zero-order valence-corrected chi connectivity index (χ0v) is 7.42. The summed E-state index contributed by atoms with van der Waals surface area (Å²) in [5, 5.41) is 0. The number of nitrogens with two attached hydrogens (primary N) is 1. The molecule has 0 bridgehead atoms. The van der Waals surface area contributed by atoms with Gasteiger partial charge in [0, 0.05) is 6.54 Å². The third-order valence-corrected chi connectivity index (χ3v) is 1.13. The van der Waals surface area contributed by atoms with Crippen molar-refractivity contribution in [2.45, 2.75) is 0 Å². The summed E-state index contributed by atoms with van der Waals surface area (Å²) < 4.78 is 58.9. The van der Waals surface area contributed by atoms with Crippen LogP contribution in [0.15, 0.2) is 0 Å². The normalized spacial score (nSPS) is 10.8. The van der Waals surface area contributed by atoms with E-state index >= 15 is 0 Å². The van der Waals surface area contributed by atoms with E-state index in [-0.39, 0.29) is 35.4 Å². The van der Waals surface area contributed by atoms with E-state index in [2.05, 4.69) is 0 Å². The molecule has 0 heterocycles. The van der Waals surface area contributed by atoms with Crippen molar-refractivity contribution in [3.63, 3.8) is 0 Å². The molecule has 0 aromatic rings.